The fourth-order valence-corrected chi connectivity index (χ4v) is 2.55. The van der Waals surface area contributed by atoms with Crippen LogP contribution in [0.25, 0.3) is 11.3 Å². The van der Waals surface area contributed by atoms with E-state index in [-0.39, 0.29) is 17.2 Å². The van der Waals surface area contributed by atoms with E-state index in [0.717, 1.165) is 0 Å². The van der Waals surface area contributed by atoms with Crippen LogP contribution in [0.4, 0.5) is 5.95 Å². The molecule has 0 aliphatic rings. The molecule has 0 spiro atoms. The van der Waals surface area contributed by atoms with E-state index in [1.807, 2.05) is 0 Å². The Morgan fingerprint density at radius 1 is 1.32 bits per heavy atom. The molecule has 7 nitrogen and oxygen atoms in total. The van der Waals surface area contributed by atoms with E-state index >= 15 is 0 Å². The molecule has 22 heavy (non-hydrogen) atoms. The van der Waals surface area contributed by atoms with Crippen LogP contribution < -0.4 is 5.32 Å². The van der Waals surface area contributed by atoms with Gasteiger partial charge in [0.2, 0.25) is 5.95 Å². The Morgan fingerprint density at radius 2 is 2.05 bits per heavy atom. The molecule has 9 heteroatoms. The standard InChI is InChI=1S/C13H9Cl2N5O2/c1-6-9(12(21)18-13-16-5-17-19-13)11(20-22-6)10-7(14)3-2-4-8(10)15/h2-5H,1H3,(H2,16,17,18,19,21). The zero-order valence-electron chi connectivity index (χ0n) is 11.2. The first-order chi connectivity index (χ1) is 10.6. The highest BCUT2D eigenvalue weighted by molar-refractivity contribution is 6.39. The number of nitrogens with one attached hydrogen (secondary N) is 2. The van der Waals surface area contributed by atoms with E-state index in [1.54, 1.807) is 25.1 Å². The van der Waals surface area contributed by atoms with Gasteiger partial charge in [0.15, 0.2) is 0 Å². The summed E-state index contributed by atoms with van der Waals surface area (Å²) in [5.41, 5.74) is 0.932. The molecule has 112 valence electrons. The van der Waals surface area contributed by atoms with Gasteiger partial charge in [-0.05, 0) is 19.1 Å². The normalized spacial score (nSPS) is 10.7. The van der Waals surface area contributed by atoms with Crippen LogP contribution in [0.3, 0.4) is 0 Å². The summed E-state index contributed by atoms with van der Waals surface area (Å²) in [6, 6.07) is 5.02. The summed E-state index contributed by atoms with van der Waals surface area (Å²) in [5.74, 6) is 0.0892. The molecule has 2 aromatic heterocycles. The number of H-pyrrole nitrogens is 1. The summed E-state index contributed by atoms with van der Waals surface area (Å²) in [5, 5.41) is 13.4. The predicted octanol–water partition coefficient (Wildman–Crippen LogP) is 3.33. The molecule has 0 atom stereocenters. The van der Waals surface area contributed by atoms with Gasteiger partial charge >= 0.3 is 0 Å². The van der Waals surface area contributed by atoms with E-state index in [9.17, 15) is 4.79 Å². The summed E-state index contributed by atoms with van der Waals surface area (Å²) in [4.78, 5) is 16.3. The fourth-order valence-electron chi connectivity index (χ4n) is 1.97. The molecule has 3 aromatic rings. The summed E-state index contributed by atoms with van der Waals surface area (Å²) in [6.45, 7) is 1.62. The summed E-state index contributed by atoms with van der Waals surface area (Å²) < 4.78 is 5.13. The number of benzene rings is 1. The molecule has 3 rings (SSSR count). The Kier molecular flexibility index (Phi) is 3.82. The van der Waals surface area contributed by atoms with Crippen molar-refractivity contribution >= 4 is 35.1 Å². The van der Waals surface area contributed by atoms with Crippen molar-refractivity contribution < 1.29 is 9.32 Å². The van der Waals surface area contributed by atoms with Crippen molar-refractivity contribution in [3.8, 4) is 11.3 Å². The first-order valence-corrected chi connectivity index (χ1v) is 6.91. The van der Waals surface area contributed by atoms with Gasteiger partial charge in [0, 0.05) is 5.56 Å². The summed E-state index contributed by atoms with van der Waals surface area (Å²) in [7, 11) is 0. The van der Waals surface area contributed by atoms with Crippen LogP contribution in [0.5, 0.6) is 0 Å². The molecule has 0 saturated carbocycles. The molecule has 0 aliphatic carbocycles. The summed E-state index contributed by atoms with van der Waals surface area (Å²) in [6.07, 6.45) is 1.28. The number of rotatable bonds is 3. The Labute approximate surface area is 134 Å². The molecule has 2 N–H and O–H groups in total. The minimum absolute atomic E-state index is 0.210. The summed E-state index contributed by atoms with van der Waals surface area (Å²) >= 11 is 12.3. The van der Waals surface area contributed by atoms with Crippen LogP contribution in [-0.2, 0) is 0 Å². The fraction of sp³-hybridized carbons (Fsp3) is 0.0769. The van der Waals surface area contributed by atoms with E-state index in [1.165, 1.54) is 6.33 Å². The minimum Gasteiger partial charge on any atom is -0.360 e. The number of nitrogens with zero attached hydrogens (tertiary/aromatic N) is 3. The Bertz CT molecular complexity index is 809. The van der Waals surface area contributed by atoms with Gasteiger partial charge in [0.25, 0.3) is 5.91 Å². The lowest BCUT2D eigenvalue weighted by Gasteiger charge is -2.06. The third-order valence-electron chi connectivity index (χ3n) is 2.94. The van der Waals surface area contributed by atoms with Gasteiger partial charge in [-0.2, -0.15) is 10.1 Å². The van der Waals surface area contributed by atoms with Gasteiger partial charge in [0.1, 0.15) is 23.3 Å². The number of hydrogen-bond acceptors (Lipinski definition) is 5. The number of carbonyl (C=O) groups excluding carboxylic acids is 1. The molecule has 0 fully saturated rings. The average molecular weight is 338 g/mol. The average Bonchev–Trinajstić information content (AvgIpc) is 3.09. The number of aryl methyl sites for hydroxylation is 1. The van der Waals surface area contributed by atoms with Gasteiger partial charge in [-0.25, -0.2) is 5.10 Å². The maximum Gasteiger partial charge on any atom is 0.263 e. The van der Waals surface area contributed by atoms with Crippen LogP contribution >= 0.6 is 23.2 Å². The van der Waals surface area contributed by atoms with Gasteiger partial charge < -0.3 is 4.52 Å². The van der Waals surface area contributed by atoms with Crippen molar-refractivity contribution in [3.05, 3.63) is 45.9 Å². The van der Waals surface area contributed by atoms with Crippen LogP contribution in [0, 0.1) is 6.92 Å². The van der Waals surface area contributed by atoms with Crippen molar-refractivity contribution in [2.24, 2.45) is 0 Å². The predicted molar refractivity (Wildman–Crippen MR) is 81.0 cm³/mol. The molecule has 0 saturated heterocycles. The Morgan fingerprint density at radius 3 is 2.68 bits per heavy atom. The van der Waals surface area contributed by atoms with E-state index in [2.05, 4.69) is 25.7 Å². The second kappa shape index (κ2) is 5.78. The number of aromatic nitrogens is 4. The molecule has 0 aliphatic heterocycles. The minimum atomic E-state index is -0.457. The molecule has 1 aromatic carbocycles. The van der Waals surface area contributed by atoms with Crippen LogP contribution in [0.1, 0.15) is 16.1 Å². The van der Waals surface area contributed by atoms with E-state index < -0.39 is 5.91 Å². The van der Waals surface area contributed by atoms with Gasteiger partial charge in [-0.1, -0.05) is 34.4 Å². The number of halogens is 2. The molecule has 1 amide bonds. The zero-order chi connectivity index (χ0) is 15.7. The largest absolute Gasteiger partial charge is 0.360 e. The molecule has 0 radical (unpaired) electrons. The first kappa shape index (κ1) is 14.6. The van der Waals surface area contributed by atoms with Crippen molar-refractivity contribution in [3.63, 3.8) is 0 Å². The highest BCUT2D eigenvalue weighted by Gasteiger charge is 2.25. The SMILES string of the molecule is Cc1onc(-c2c(Cl)cccc2Cl)c1C(=O)Nc1ncn[nH]1. The lowest BCUT2D eigenvalue weighted by molar-refractivity contribution is 0.102. The van der Waals surface area contributed by atoms with Crippen LogP contribution in [0.2, 0.25) is 10.0 Å². The van der Waals surface area contributed by atoms with E-state index in [4.69, 9.17) is 27.7 Å². The highest BCUT2D eigenvalue weighted by Crippen LogP contribution is 2.36. The quantitative estimate of drug-likeness (QED) is 0.763. The third-order valence-corrected chi connectivity index (χ3v) is 3.57. The van der Waals surface area contributed by atoms with Crippen molar-refractivity contribution in [1.82, 2.24) is 20.3 Å². The second-order valence-electron chi connectivity index (χ2n) is 4.35. The van der Waals surface area contributed by atoms with Crippen LogP contribution in [-0.4, -0.2) is 26.2 Å². The first-order valence-electron chi connectivity index (χ1n) is 6.15. The molecular weight excluding hydrogens is 329 g/mol. The number of carbonyl (C=O) groups is 1. The number of amides is 1. The molecule has 0 bridgehead atoms. The van der Waals surface area contributed by atoms with Crippen molar-refractivity contribution in [1.29, 1.82) is 0 Å². The van der Waals surface area contributed by atoms with Crippen LogP contribution in [0.15, 0.2) is 29.0 Å². The maximum atomic E-state index is 12.4. The zero-order valence-corrected chi connectivity index (χ0v) is 12.7. The maximum absolute atomic E-state index is 12.4. The monoisotopic (exact) mass is 337 g/mol. The Hall–Kier alpha value is -2.38. The number of hydrogen-bond donors (Lipinski definition) is 2. The van der Waals surface area contributed by atoms with E-state index in [0.29, 0.717) is 21.4 Å². The lowest BCUT2D eigenvalue weighted by atomic mass is 10.1. The highest BCUT2D eigenvalue weighted by atomic mass is 35.5. The number of anilines is 1. The van der Waals surface area contributed by atoms with Crippen molar-refractivity contribution in [2.75, 3.05) is 5.32 Å². The molecule has 2 heterocycles. The molecular formula is C13H9Cl2N5O2. The smallest absolute Gasteiger partial charge is 0.263 e. The molecule has 0 unspecified atom stereocenters. The van der Waals surface area contributed by atoms with Gasteiger partial charge in [-0.15, -0.1) is 0 Å². The second-order valence-corrected chi connectivity index (χ2v) is 5.16. The number of aromatic amines is 1. The van der Waals surface area contributed by atoms with Crippen molar-refractivity contribution in [2.45, 2.75) is 6.92 Å². The van der Waals surface area contributed by atoms with Gasteiger partial charge in [-0.3, -0.25) is 10.1 Å². The Balaban J connectivity index is 2.06. The topological polar surface area (TPSA) is 96.7 Å². The third kappa shape index (κ3) is 2.56. The van der Waals surface area contributed by atoms with Gasteiger partial charge in [0.05, 0.1) is 10.0 Å². The lowest BCUT2D eigenvalue weighted by Crippen LogP contribution is -2.14.